The summed E-state index contributed by atoms with van der Waals surface area (Å²) in [5.41, 5.74) is 5.54. The van der Waals surface area contributed by atoms with Crippen LogP contribution in [0.25, 0.3) is 0 Å². The molecular formula is C9H15N5O. The molecule has 0 unspecified atom stereocenters. The van der Waals surface area contributed by atoms with Crippen molar-refractivity contribution in [2.75, 3.05) is 36.1 Å². The fourth-order valence-corrected chi connectivity index (χ4v) is 1.78. The highest BCUT2D eigenvalue weighted by Gasteiger charge is 2.18. The maximum absolute atomic E-state index is 11.4. The average Bonchev–Trinajstić information content (AvgIpc) is 2.75. The summed E-state index contributed by atoms with van der Waals surface area (Å²) >= 11 is 0. The summed E-state index contributed by atoms with van der Waals surface area (Å²) in [7, 11) is 1.69. The van der Waals surface area contributed by atoms with Crippen LogP contribution in [-0.2, 0) is 0 Å². The predicted molar refractivity (Wildman–Crippen MR) is 58.6 cm³/mol. The average molecular weight is 209 g/mol. The van der Waals surface area contributed by atoms with Crippen molar-refractivity contribution in [2.24, 2.45) is 0 Å². The fraction of sp³-hybridized carbons (Fsp3) is 0.556. The highest BCUT2D eigenvalue weighted by molar-refractivity contribution is 5.49. The normalized spacial score (nSPS) is 15.7. The minimum Gasteiger partial charge on any atom is -0.754 e. The van der Waals surface area contributed by atoms with E-state index >= 15 is 0 Å². The Bertz CT molecular complexity index is 362. The van der Waals surface area contributed by atoms with Gasteiger partial charge in [-0.1, -0.05) is 4.98 Å². The van der Waals surface area contributed by atoms with E-state index in [1.54, 1.807) is 13.1 Å². The van der Waals surface area contributed by atoms with Crippen molar-refractivity contribution in [1.82, 2.24) is 4.98 Å². The van der Waals surface area contributed by atoms with Gasteiger partial charge in [0.1, 0.15) is 0 Å². The third kappa shape index (κ3) is 1.74. The minimum atomic E-state index is -0.0104. The zero-order chi connectivity index (χ0) is 10.8. The van der Waals surface area contributed by atoms with Crippen LogP contribution >= 0.6 is 0 Å². The van der Waals surface area contributed by atoms with E-state index in [9.17, 15) is 5.21 Å². The van der Waals surface area contributed by atoms with Crippen LogP contribution in [0, 0.1) is 5.21 Å². The number of aromatic nitrogens is 2. The molecule has 6 heteroatoms. The lowest BCUT2D eigenvalue weighted by molar-refractivity contribution is -0.577. The highest BCUT2D eigenvalue weighted by Crippen LogP contribution is 2.19. The Hall–Kier alpha value is -1.72. The largest absolute Gasteiger partial charge is 0.754 e. The zero-order valence-electron chi connectivity index (χ0n) is 8.73. The van der Waals surface area contributed by atoms with Crippen molar-refractivity contribution < 1.29 is 4.73 Å². The van der Waals surface area contributed by atoms with Gasteiger partial charge in [-0.3, -0.25) is 0 Å². The van der Waals surface area contributed by atoms with E-state index in [4.69, 9.17) is 5.73 Å². The standard InChI is InChI=1S/C9H15N5O/c1-11-7-6-8(12-9(10)14(7)15)13-4-2-3-5-13/h6,11H,2-5H2,1H3,(H2,10,12). The first-order valence-electron chi connectivity index (χ1n) is 5.05. The van der Waals surface area contributed by atoms with Gasteiger partial charge in [0.2, 0.25) is 0 Å². The van der Waals surface area contributed by atoms with Crippen LogP contribution in [0.5, 0.6) is 0 Å². The monoisotopic (exact) mass is 209 g/mol. The van der Waals surface area contributed by atoms with Crippen LogP contribution < -0.4 is 20.7 Å². The van der Waals surface area contributed by atoms with Crippen molar-refractivity contribution in [3.8, 4) is 0 Å². The van der Waals surface area contributed by atoms with E-state index in [0.717, 1.165) is 18.9 Å². The smallest absolute Gasteiger partial charge is 0.346 e. The number of hydrogen-bond donors (Lipinski definition) is 2. The number of nitrogens with one attached hydrogen (secondary N) is 1. The zero-order valence-corrected chi connectivity index (χ0v) is 8.73. The Morgan fingerprint density at radius 2 is 2.20 bits per heavy atom. The maximum Gasteiger partial charge on any atom is 0.346 e. The van der Waals surface area contributed by atoms with Crippen LogP contribution in [0.2, 0.25) is 0 Å². The minimum absolute atomic E-state index is 0.0104. The summed E-state index contributed by atoms with van der Waals surface area (Å²) in [4.78, 5) is 6.21. The molecule has 0 spiro atoms. The molecule has 15 heavy (non-hydrogen) atoms. The van der Waals surface area contributed by atoms with Gasteiger partial charge >= 0.3 is 5.95 Å². The molecule has 0 aromatic carbocycles. The van der Waals surface area contributed by atoms with E-state index in [-0.39, 0.29) is 5.95 Å². The highest BCUT2D eigenvalue weighted by atomic mass is 16.5. The molecule has 0 atom stereocenters. The summed E-state index contributed by atoms with van der Waals surface area (Å²) in [6.45, 7) is 1.97. The third-order valence-electron chi connectivity index (χ3n) is 2.61. The lowest BCUT2D eigenvalue weighted by Crippen LogP contribution is -2.36. The van der Waals surface area contributed by atoms with Gasteiger partial charge in [-0.2, -0.15) is 0 Å². The van der Waals surface area contributed by atoms with E-state index in [1.807, 2.05) is 0 Å². The molecule has 0 bridgehead atoms. The summed E-state index contributed by atoms with van der Waals surface area (Å²) in [5.74, 6) is 1.20. The van der Waals surface area contributed by atoms with Crippen LogP contribution in [0.15, 0.2) is 6.07 Å². The predicted octanol–water partition coefficient (Wildman–Crippen LogP) is -0.0609. The van der Waals surface area contributed by atoms with E-state index in [0.29, 0.717) is 10.5 Å². The fourth-order valence-electron chi connectivity index (χ4n) is 1.78. The third-order valence-corrected chi connectivity index (χ3v) is 2.61. The van der Waals surface area contributed by atoms with Gasteiger partial charge in [0.25, 0.3) is 0 Å². The molecule has 2 heterocycles. The maximum atomic E-state index is 11.4. The molecule has 3 N–H and O–H groups in total. The number of nitrogens with two attached hydrogens (primary N) is 1. The van der Waals surface area contributed by atoms with Crippen LogP contribution in [-0.4, -0.2) is 25.1 Å². The molecule has 82 valence electrons. The Balaban J connectivity index is 2.35. The number of hydrogen-bond acceptors (Lipinski definition) is 5. The first-order valence-corrected chi connectivity index (χ1v) is 5.05. The summed E-state index contributed by atoms with van der Waals surface area (Å²) in [6, 6.07) is 1.73. The van der Waals surface area contributed by atoms with Gasteiger partial charge in [0.15, 0.2) is 11.6 Å². The first-order chi connectivity index (χ1) is 7.22. The molecule has 1 aliphatic heterocycles. The molecule has 2 rings (SSSR count). The molecular weight excluding hydrogens is 194 g/mol. The van der Waals surface area contributed by atoms with Crippen molar-refractivity contribution in [1.29, 1.82) is 0 Å². The molecule has 0 amide bonds. The summed E-state index contributed by atoms with van der Waals surface area (Å²) in [6.07, 6.45) is 2.34. The van der Waals surface area contributed by atoms with Crippen LogP contribution in [0.1, 0.15) is 12.8 Å². The number of rotatable bonds is 2. The quantitative estimate of drug-likeness (QED) is 0.527. The lowest BCUT2D eigenvalue weighted by Gasteiger charge is -2.18. The second-order valence-electron chi connectivity index (χ2n) is 3.60. The molecule has 1 aromatic heterocycles. The van der Waals surface area contributed by atoms with Crippen LogP contribution in [0.4, 0.5) is 17.6 Å². The molecule has 1 fully saturated rings. The lowest BCUT2D eigenvalue weighted by atomic mass is 10.4. The van der Waals surface area contributed by atoms with Gasteiger partial charge in [0.05, 0.1) is 6.07 Å². The number of nitrogen functional groups attached to an aromatic ring is 1. The number of nitrogens with zero attached hydrogens (tertiary/aromatic N) is 3. The van der Waals surface area contributed by atoms with E-state index in [1.165, 1.54) is 12.8 Å². The molecule has 1 aromatic rings. The first kappa shape index (κ1) is 9.82. The molecule has 1 saturated heterocycles. The van der Waals surface area contributed by atoms with Crippen molar-refractivity contribution >= 4 is 17.6 Å². The Kier molecular flexibility index (Phi) is 2.49. The van der Waals surface area contributed by atoms with Gasteiger partial charge < -0.3 is 21.2 Å². The van der Waals surface area contributed by atoms with Gasteiger partial charge in [0, 0.05) is 20.1 Å². The second-order valence-corrected chi connectivity index (χ2v) is 3.60. The molecule has 6 nitrogen and oxygen atoms in total. The van der Waals surface area contributed by atoms with Gasteiger partial charge in [-0.25, -0.2) is 4.73 Å². The van der Waals surface area contributed by atoms with Crippen molar-refractivity contribution in [2.45, 2.75) is 12.8 Å². The number of anilines is 3. The van der Waals surface area contributed by atoms with Gasteiger partial charge in [-0.15, -0.1) is 0 Å². The van der Waals surface area contributed by atoms with Crippen LogP contribution in [0.3, 0.4) is 0 Å². The Labute approximate surface area is 88.3 Å². The summed E-state index contributed by atoms with van der Waals surface area (Å²) < 4.78 is 0.597. The van der Waals surface area contributed by atoms with Crippen molar-refractivity contribution in [3.63, 3.8) is 0 Å². The van der Waals surface area contributed by atoms with E-state index in [2.05, 4.69) is 15.2 Å². The Morgan fingerprint density at radius 3 is 2.80 bits per heavy atom. The van der Waals surface area contributed by atoms with E-state index < -0.39 is 0 Å². The SMILES string of the molecule is CNc1cc(N2CCCC2)nc(N)[n+]1[O-]. The molecule has 0 radical (unpaired) electrons. The Morgan fingerprint density at radius 1 is 1.53 bits per heavy atom. The molecule has 0 saturated carbocycles. The second kappa shape index (κ2) is 3.80. The molecule has 0 aliphatic carbocycles. The summed E-state index contributed by atoms with van der Waals surface area (Å²) in [5, 5.41) is 14.2. The van der Waals surface area contributed by atoms with Crippen molar-refractivity contribution in [3.05, 3.63) is 11.3 Å². The van der Waals surface area contributed by atoms with Gasteiger partial charge in [-0.05, 0) is 12.8 Å². The molecule has 1 aliphatic rings. The topological polar surface area (TPSA) is 81.1 Å².